The summed E-state index contributed by atoms with van der Waals surface area (Å²) in [5.41, 5.74) is 0. The van der Waals surface area contributed by atoms with Gasteiger partial charge in [0.05, 0.1) is 14.6 Å². The average molecular weight is 270 g/mol. The van der Waals surface area contributed by atoms with Crippen LogP contribution in [0, 0.1) is 0 Å². The molecule has 0 aromatic carbocycles. The zero-order chi connectivity index (χ0) is 11.6. The van der Waals surface area contributed by atoms with E-state index >= 15 is 0 Å². The minimum Gasteiger partial charge on any atom is -0.185 e. The summed E-state index contributed by atoms with van der Waals surface area (Å²) in [7, 11) is -7.64. The maximum absolute atomic E-state index is 10.6. The maximum atomic E-state index is 10.6. The molecule has 0 unspecified atom stereocenters. The van der Waals surface area contributed by atoms with Gasteiger partial charge in [0.2, 0.25) is 30.9 Å². The first-order chi connectivity index (χ1) is 6.91. The van der Waals surface area contributed by atoms with Crippen molar-refractivity contribution in [2.24, 2.45) is 0 Å². The summed E-state index contributed by atoms with van der Waals surface area (Å²) in [5.74, 6) is 0. The molecule has 0 aromatic heterocycles. The highest BCUT2D eigenvalue weighted by molar-refractivity contribution is 7.76. The van der Waals surface area contributed by atoms with E-state index in [1.165, 1.54) is 0 Å². The largest absolute Gasteiger partial charge is 0.213 e. The van der Waals surface area contributed by atoms with Gasteiger partial charge in [0.1, 0.15) is 0 Å². The minimum absolute atomic E-state index is 0.111. The summed E-state index contributed by atoms with van der Waals surface area (Å²) in [6.45, 7) is 0. The Morgan fingerprint density at radius 2 is 0.733 bits per heavy atom. The molecule has 0 amide bonds. The van der Waals surface area contributed by atoms with E-state index in [0.29, 0.717) is 0 Å². The van der Waals surface area contributed by atoms with Crippen LogP contribution in [0.2, 0.25) is 0 Å². The summed E-state index contributed by atoms with van der Waals surface area (Å²) in [4.78, 5) is -0.334. The summed E-state index contributed by atoms with van der Waals surface area (Å²) in [6, 6.07) is 0. The summed E-state index contributed by atoms with van der Waals surface area (Å²) in [6.07, 6.45) is -0.604. The molecule has 0 bridgehead atoms. The van der Waals surface area contributed by atoms with Gasteiger partial charge in [-0.25, -0.2) is 0 Å². The highest BCUT2D eigenvalue weighted by Crippen LogP contribution is 2.09. The Labute approximate surface area is 90.1 Å². The standard InChI is InChI=1S/C6H6O6S3/c7-13(8)4-1-5(14(9)10)3-6(2-4)15(11)12/h1-3H2. The lowest BCUT2D eigenvalue weighted by molar-refractivity contribution is 0.626. The zero-order valence-corrected chi connectivity index (χ0v) is 9.75. The van der Waals surface area contributed by atoms with Crippen LogP contribution in [-0.2, 0) is 30.9 Å². The van der Waals surface area contributed by atoms with Crippen molar-refractivity contribution in [1.82, 2.24) is 0 Å². The van der Waals surface area contributed by atoms with Crippen LogP contribution in [0.4, 0.5) is 0 Å². The molecule has 1 aliphatic carbocycles. The fourth-order valence-corrected chi connectivity index (χ4v) is 3.23. The third-order valence-electron chi connectivity index (χ3n) is 1.89. The van der Waals surface area contributed by atoms with Crippen LogP contribution < -0.4 is 0 Å². The smallest absolute Gasteiger partial charge is 0.185 e. The molecule has 0 N–H and O–H groups in total. The molecule has 0 saturated heterocycles. The molecule has 0 aromatic rings. The van der Waals surface area contributed by atoms with Crippen molar-refractivity contribution in [1.29, 1.82) is 0 Å². The van der Waals surface area contributed by atoms with E-state index in [-0.39, 0.29) is 33.9 Å². The van der Waals surface area contributed by atoms with Gasteiger partial charge in [-0.15, -0.1) is 0 Å². The molecule has 0 spiro atoms. The first-order valence-corrected chi connectivity index (χ1v) is 6.96. The first kappa shape index (κ1) is 12.1. The van der Waals surface area contributed by atoms with Crippen LogP contribution in [0.1, 0.15) is 19.3 Å². The van der Waals surface area contributed by atoms with Crippen molar-refractivity contribution < 1.29 is 25.3 Å². The number of rotatable bonds is 0. The Hall–Kier alpha value is -0.930. The minimum atomic E-state index is -2.55. The summed E-state index contributed by atoms with van der Waals surface area (Å²) in [5, 5.41) is 0. The molecular weight excluding hydrogens is 264 g/mol. The van der Waals surface area contributed by atoms with Crippen molar-refractivity contribution in [2.75, 3.05) is 0 Å². The SMILES string of the molecule is O=S(=O)=C1CC(=S(=O)=O)CC(=S(=O)=O)C1. The van der Waals surface area contributed by atoms with Crippen LogP contribution in [0.15, 0.2) is 0 Å². The topological polar surface area (TPSA) is 102 Å². The molecule has 1 fully saturated rings. The Balaban J connectivity index is 3.48. The Bertz CT molecular complexity index is 550. The molecule has 1 saturated carbocycles. The normalized spacial score (nSPS) is 16.4. The Kier molecular flexibility index (Phi) is 3.83. The molecule has 1 rings (SSSR count). The van der Waals surface area contributed by atoms with Gasteiger partial charge in [-0.05, 0) is 0 Å². The van der Waals surface area contributed by atoms with Crippen LogP contribution in [0.5, 0.6) is 0 Å². The van der Waals surface area contributed by atoms with E-state index in [0.717, 1.165) is 0 Å². The van der Waals surface area contributed by atoms with Crippen LogP contribution >= 0.6 is 0 Å². The van der Waals surface area contributed by atoms with Crippen LogP contribution in [0.3, 0.4) is 0 Å². The predicted molar refractivity (Wildman–Crippen MR) is 55.6 cm³/mol. The Morgan fingerprint density at radius 1 is 0.533 bits per heavy atom. The van der Waals surface area contributed by atoms with Gasteiger partial charge in [0.15, 0.2) is 0 Å². The first-order valence-electron chi connectivity index (χ1n) is 3.73. The van der Waals surface area contributed by atoms with Crippen molar-refractivity contribution in [3.63, 3.8) is 0 Å². The van der Waals surface area contributed by atoms with Gasteiger partial charge in [-0.3, -0.25) is 0 Å². The highest BCUT2D eigenvalue weighted by atomic mass is 32.2. The van der Waals surface area contributed by atoms with Crippen LogP contribution in [0.25, 0.3) is 0 Å². The van der Waals surface area contributed by atoms with Gasteiger partial charge in [0.25, 0.3) is 0 Å². The fourth-order valence-electron chi connectivity index (χ4n) is 1.20. The summed E-state index contributed by atoms with van der Waals surface area (Å²) < 4.78 is 63.7. The zero-order valence-electron chi connectivity index (χ0n) is 7.30. The van der Waals surface area contributed by atoms with Gasteiger partial charge in [-0.2, -0.15) is 25.3 Å². The fraction of sp³-hybridized carbons (Fsp3) is 0.500. The molecule has 0 radical (unpaired) electrons. The van der Waals surface area contributed by atoms with Crippen molar-refractivity contribution in [3.8, 4) is 0 Å². The van der Waals surface area contributed by atoms with E-state index in [1.54, 1.807) is 0 Å². The van der Waals surface area contributed by atoms with Crippen molar-refractivity contribution in [3.05, 3.63) is 0 Å². The molecule has 84 valence electrons. The van der Waals surface area contributed by atoms with E-state index in [1.807, 2.05) is 0 Å². The molecule has 9 heteroatoms. The number of hydrogen-bond acceptors (Lipinski definition) is 6. The van der Waals surface area contributed by atoms with E-state index in [2.05, 4.69) is 0 Å². The average Bonchev–Trinajstić information content (AvgIpc) is 2.16. The van der Waals surface area contributed by atoms with Gasteiger partial charge in [0, 0.05) is 19.3 Å². The quantitative estimate of drug-likeness (QED) is 0.487. The lowest BCUT2D eigenvalue weighted by Gasteiger charge is -2.10. The molecule has 6 nitrogen and oxygen atoms in total. The molecule has 0 atom stereocenters. The molecule has 0 heterocycles. The molecule has 15 heavy (non-hydrogen) atoms. The van der Waals surface area contributed by atoms with Gasteiger partial charge in [-0.1, -0.05) is 0 Å². The van der Waals surface area contributed by atoms with Crippen molar-refractivity contribution in [2.45, 2.75) is 19.3 Å². The third-order valence-corrected chi connectivity index (χ3v) is 4.17. The monoisotopic (exact) mass is 270 g/mol. The Morgan fingerprint density at radius 3 is 0.867 bits per heavy atom. The lowest BCUT2D eigenvalue weighted by atomic mass is 10.0. The predicted octanol–water partition coefficient (Wildman–Crippen LogP) is -1.68. The second kappa shape index (κ2) is 4.73. The van der Waals surface area contributed by atoms with Crippen LogP contribution in [-0.4, -0.2) is 39.8 Å². The molecular formula is C6H6O6S3. The molecule has 1 aliphatic rings. The van der Waals surface area contributed by atoms with Crippen molar-refractivity contribution >= 4 is 45.5 Å². The second-order valence-electron chi connectivity index (χ2n) is 2.85. The second-order valence-corrected chi connectivity index (χ2v) is 5.99. The summed E-state index contributed by atoms with van der Waals surface area (Å²) >= 11 is 0. The van der Waals surface area contributed by atoms with E-state index in [9.17, 15) is 25.3 Å². The molecule has 0 aliphatic heterocycles. The van der Waals surface area contributed by atoms with E-state index in [4.69, 9.17) is 0 Å². The maximum Gasteiger partial charge on any atom is 0.213 e. The van der Waals surface area contributed by atoms with Gasteiger partial charge < -0.3 is 0 Å². The third kappa shape index (κ3) is 3.01. The highest BCUT2D eigenvalue weighted by Gasteiger charge is 2.21. The van der Waals surface area contributed by atoms with E-state index < -0.39 is 30.9 Å². The number of hydrogen-bond donors (Lipinski definition) is 0. The van der Waals surface area contributed by atoms with Gasteiger partial charge >= 0.3 is 0 Å². The lowest BCUT2D eigenvalue weighted by Crippen LogP contribution is -2.24.